The highest BCUT2D eigenvalue weighted by Crippen LogP contribution is 2.19. The van der Waals surface area contributed by atoms with Gasteiger partial charge in [-0.25, -0.2) is 4.79 Å². The second-order valence-electron chi connectivity index (χ2n) is 7.30. The molecule has 4 aromatic rings. The van der Waals surface area contributed by atoms with Gasteiger partial charge in [0.15, 0.2) is 0 Å². The van der Waals surface area contributed by atoms with E-state index in [1.54, 1.807) is 13.2 Å². The summed E-state index contributed by atoms with van der Waals surface area (Å²) in [7, 11) is 1.64. The summed E-state index contributed by atoms with van der Waals surface area (Å²) in [5.74, 6) is 12.6. The van der Waals surface area contributed by atoms with E-state index in [-0.39, 0.29) is 0 Å². The topological polar surface area (TPSA) is 46.5 Å². The van der Waals surface area contributed by atoms with Gasteiger partial charge in [0.2, 0.25) is 0 Å². The number of fused-ring (bicyclic) bond motifs is 1. The Labute approximate surface area is 193 Å². The van der Waals surface area contributed by atoms with E-state index in [9.17, 15) is 4.79 Å². The minimum Gasteiger partial charge on any atom is -0.497 e. The van der Waals surface area contributed by atoms with Crippen LogP contribution in [0.25, 0.3) is 16.8 Å². The van der Waals surface area contributed by atoms with E-state index in [1.807, 2.05) is 84.9 Å². The Bertz CT molecular complexity index is 1450. The first kappa shape index (κ1) is 21.5. The molecule has 0 unspecified atom stereocenters. The average Bonchev–Trinajstić information content (AvgIpc) is 2.85. The van der Waals surface area contributed by atoms with Gasteiger partial charge in [-0.15, -0.1) is 0 Å². The van der Waals surface area contributed by atoms with Crippen molar-refractivity contribution >= 4 is 22.8 Å². The number of aliphatic carboxylic acids is 1. The van der Waals surface area contributed by atoms with E-state index in [2.05, 4.69) is 23.7 Å². The van der Waals surface area contributed by atoms with Crippen molar-refractivity contribution in [3.05, 3.63) is 119 Å². The van der Waals surface area contributed by atoms with Crippen LogP contribution < -0.4 is 4.74 Å². The normalized spacial score (nSPS) is 10.2. The molecule has 0 heterocycles. The summed E-state index contributed by atoms with van der Waals surface area (Å²) >= 11 is 0. The fourth-order valence-corrected chi connectivity index (χ4v) is 3.21. The highest BCUT2D eigenvalue weighted by Gasteiger charge is 1.97. The third kappa shape index (κ3) is 5.91. The summed E-state index contributed by atoms with van der Waals surface area (Å²) in [5.41, 5.74) is 4.54. The van der Waals surface area contributed by atoms with Crippen LogP contribution in [0.5, 0.6) is 5.75 Å². The molecule has 0 aromatic heterocycles. The van der Waals surface area contributed by atoms with Crippen LogP contribution in [0.4, 0.5) is 0 Å². The van der Waals surface area contributed by atoms with Crippen molar-refractivity contribution in [3.63, 3.8) is 0 Å². The van der Waals surface area contributed by atoms with E-state index in [1.165, 1.54) is 0 Å². The fraction of sp³-hybridized carbons (Fsp3) is 0.0333. The number of ether oxygens (including phenoxy) is 1. The van der Waals surface area contributed by atoms with Gasteiger partial charge in [0, 0.05) is 28.3 Å². The van der Waals surface area contributed by atoms with Gasteiger partial charge in [-0.2, -0.15) is 0 Å². The van der Waals surface area contributed by atoms with Crippen LogP contribution in [-0.2, 0) is 4.79 Å². The lowest BCUT2D eigenvalue weighted by atomic mass is 10.0. The van der Waals surface area contributed by atoms with Gasteiger partial charge in [-0.05, 0) is 89.1 Å². The Kier molecular flexibility index (Phi) is 6.55. The van der Waals surface area contributed by atoms with E-state index in [0.29, 0.717) is 0 Å². The maximum absolute atomic E-state index is 10.7. The molecule has 0 aliphatic carbocycles. The lowest BCUT2D eigenvalue weighted by Crippen LogP contribution is -1.85. The van der Waals surface area contributed by atoms with E-state index < -0.39 is 5.97 Å². The van der Waals surface area contributed by atoms with Crippen LogP contribution in [0.15, 0.2) is 91.0 Å². The van der Waals surface area contributed by atoms with Crippen LogP contribution in [0.1, 0.15) is 27.8 Å². The molecular formula is C30H20O3. The molecule has 1 N–H and O–H groups in total. The lowest BCUT2D eigenvalue weighted by Gasteiger charge is -2.01. The minimum absolute atomic E-state index is 0.813. The quantitative estimate of drug-likeness (QED) is 0.334. The van der Waals surface area contributed by atoms with Gasteiger partial charge in [-0.3, -0.25) is 0 Å². The molecule has 4 rings (SSSR count). The lowest BCUT2D eigenvalue weighted by molar-refractivity contribution is -0.131. The number of hydrogen-bond donors (Lipinski definition) is 1. The molecule has 0 fully saturated rings. The fourth-order valence-electron chi connectivity index (χ4n) is 3.21. The SMILES string of the molecule is COc1ccc(C#Cc2ccc(C#Cc3ccc4cc(/C=C/C(=O)O)ccc4c3)cc2)cc1. The Hall–Kier alpha value is -4.73. The van der Waals surface area contributed by atoms with Crippen molar-refractivity contribution in [2.45, 2.75) is 0 Å². The van der Waals surface area contributed by atoms with Crippen LogP contribution in [0.2, 0.25) is 0 Å². The molecular weight excluding hydrogens is 408 g/mol. The largest absolute Gasteiger partial charge is 0.497 e. The van der Waals surface area contributed by atoms with E-state index >= 15 is 0 Å². The maximum Gasteiger partial charge on any atom is 0.328 e. The predicted octanol–water partition coefficient (Wildman–Crippen LogP) is 5.75. The zero-order valence-electron chi connectivity index (χ0n) is 18.0. The molecule has 0 bridgehead atoms. The molecule has 0 atom stereocenters. The molecule has 33 heavy (non-hydrogen) atoms. The number of methoxy groups -OCH3 is 1. The summed E-state index contributed by atoms with van der Waals surface area (Å²) in [6.45, 7) is 0. The zero-order chi connectivity index (χ0) is 23.0. The second kappa shape index (κ2) is 10.1. The van der Waals surface area contributed by atoms with Crippen LogP contribution >= 0.6 is 0 Å². The summed E-state index contributed by atoms with van der Waals surface area (Å²) in [6.07, 6.45) is 2.72. The zero-order valence-corrected chi connectivity index (χ0v) is 18.0. The van der Waals surface area contributed by atoms with Crippen molar-refractivity contribution in [1.82, 2.24) is 0 Å². The van der Waals surface area contributed by atoms with Crippen molar-refractivity contribution in [2.75, 3.05) is 7.11 Å². The highest BCUT2D eigenvalue weighted by molar-refractivity contribution is 5.89. The standard InChI is InChI=1S/C30H20O3/c1-33-29-17-12-24(13-18-29)7-6-22-2-4-23(5-3-22)8-9-25-10-15-28-21-26(14-19-30(31)32)11-16-27(28)20-25/h2-5,10-21H,1H3,(H,31,32)/b19-14+. The molecule has 0 saturated carbocycles. The van der Waals surface area contributed by atoms with Crippen molar-refractivity contribution < 1.29 is 14.6 Å². The molecule has 3 heteroatoms. The Morgan fingerprint density at radius 3 is 1.76 bits per heavy atom. The summed E-state index contributed by atoms with van der Waals surface area (Å²) in [4.78, 5) is 10.7. The molecule has 0 amide bonds. The summed E-state index contributed by atoms with van der Waals surface area (Å²) < 4.78 is 5.16. The van der Waals surface area contributed by atoms with Gasteiger partial charge < -0.3 is 9.84 Å². The van der Waals surface area contributed by atoms with Crippen molar-refractivity contribution in [3.8, 4) is 29.4 Å². The van der Waals surface area contributed by atoms with E-state index in [0.717, 1.165) is 50.4 Å². The molecule has 0 saturated heterocycles. The first-order valence-corrected chi connectivity index (χ1v) is 10.3. The number of hydrogen-bond acceptors (Lipinski definition) is 2. The number of benzene rings is 4. The van der Waals surface area contributed by atoms with Gasteiger partial charge in [-0.1, -0.05) is 41.9 Å². The molecule has 0 aliphatic rings. The second-order valence-corrected chi connectivity index (χ2v) is 7.30. The highest BCUT2D eigenvalue weighted by atomic mass is 16.5. The molecule has 3 nitrogen and oxygen atoms in total. The van der Waals surface area contributed by atoms with Gasteiger partial charge >= 0.3 is 5.97 Å². The van der Waals surface area contributed by atoms with Crippen LogP contribution in [0.3, 0.4) is 0 Å². The third-order valence-corrected chi connectivity index (χ3v) is 4.96. The first-order chi connectivity index (χ1) is 16.1. The summed E-state index contributed by atoms with van der Waals surface area (Å²) in [6, 6.07) is 27.3. The predicted molar refractivity (Wildman–Crippen MR) is 132 cm³/mol. The Balaban J connectivity index is 1.47. The number of rotatable bonds is 3. The molecule has 4 aromatic carbocycles. The summed E-state index contributed by atoms with van der Waals surface area (Å²) in [5, 5.41) is 10.9. The monoisotopic (exact) mass is 428 g/mol. The number of carbonyl (C=O) groups is 1. The van der Waals surface area contributed by atoms with Crippen LogP contribution in [-0.4, -0.2) is 18.2 Å². The number of carboxylic acids is 1. The van der Waals surface area contributed by atoms with Gasteiger partial charge in [0.05, 0.1) is 7.11 Å². The molecule has 0 aliphatic heterocycles. The van der Waals surface area contributed by atoms with Crippen molar-refractivity contribution in [1.29, 1.82) is 0 Å². The first-order valence-electron chi connectivity index (χ1n) is 10.3. The van der Waals surface area contributed by atoms with Gasteiger partial charge in [0.1, 0.15) is 5.75 Å². The maximum atomic E-state index is 10.7. The smallest absolute Gasteiger partial charge is 0.328 e. The molecule has 0 radical (unpaired) electrons. The Morgan fingerprint density at radius 2 is 1.18 bits per heavy atom. The van der Waals surface area contributed by atoms with Crippen molar-refractivity contribution in [2.24, 2.45) is 0 Å². The molecule has 158 valence electrons. The van der Waals surface area contributed by atoms with Gasteiger partial charge in [0.25, 0.3) is 0 Å². The number of carboxylic acid groups (broad SMARTS) is 1. The minimum atomic E-state index is -0.960. The molecule has 0 spiro atoms. The Morgan fingerprint density at radius 1 is 0.697 bits per heavy atom. The van der Waals surface area contributed by atoms with Crippen LogP contribution in [0, 0.1) is 23.7 Å². The third-order valence-electron chi connectivity index (χ3n) is 4.96. The van der Waals surface area contributed by atoms with E-state index in [4.69, 9.17) is 9.84 Å². The average molecular weight is 428 g/mol.